The summed E-state index contributed by atoms with van der Waals surface area (Å²) in [5.74, 6) is 1.03. The molecule has 5 heteroatoms. The highest BCUT2D eigenvalue weighted by Gasteiger charge is 2.32. The van der Waals surface area contributed by atoms with E-state index < -0.39 is 0 Å². The predicted molar refractivity (Wildman–Crippen MR) is 122 cm³/mol. The Morgan fingerprint density at radius 2 is 1.77 bits per heavy atom. The maximum atomic E-state index is 13.5. The molecule has 0 bridgehead atoms. The number of aryl methyl sites for hydroxylation is 1. The Morgan fingerprint density at radius 1 is 1.07 bits per heavy atom. The van der Waals surface area contributed by atoms with Crippen molar-refractivity contribution in [3.63, 3.8) is 0 Å². The van der Waals surface area contributed by atoms with Crippen LogP contribution in [-0.2, 0) is 6.42 Å². The summed E-state index contributed by atoms with van der Waals surface area (Å²) in [5, 5.41) is 0.974. The summed E-state index contributed by atoms with van der Waals surface area (Å²) < 4.78 is 6.10. The molecule has 0 unspecified atom stereocenters. The number of hydrogen-bond acceptors (Lipinski definition) is 4. The number of carbonyl (C=O) groups is 1. The van der Waals surface area contributed by atoms with E-state index in [0.717, 1.165) is 73.5 Å². The van der Waals surface area contributed by atoms with Crippen LogP contribution in [0.5, 0.6) is 0 Å². The summed E-state index contributed by atoms with van der Waals surface area (Å²) in [6.45, 7) is 6.26. The third-order valence-corrected chi connectivity index (χ3v) is 7.14. The molecule has 2 aliphatic heterocycles. The van der Waals surface area contributed by atoms with Gasteiger partial charge in [0.25, 0.3) is 5.91 Å². The Balaban J connectivity index is 1.41. The first-order chi connectivity index (χ1) is 14.6. The van der Waals surface area contributed by atoms with Gasteiger partial charge >= 0.3 is 0 Å². The average Bonchev–Trinajstić information content (AvgIpc) is 3.15. The fourth-order valence-corrected chi connectivity index (χ4v) is 5.20. The Kier molecular flexibility index (Phi) is 6.79. The van der Waals surface area contributed by atoms with Crippen molar-refractivity contribution in [2.45, 2.75) is 64.0 Å². The molecule has 1 aromatic carbocycles. The van der Waals surface area contributed by atoms with Crippen molar-refractivity contribution in [2.75, 3.05) is 40.3 Å². The number of amides is 1. The molecule has 0 aliphatic carbocycles. The van der Waals surface area contributed by atoms with Crippen LogP contribution in [0.1, 0.15) is 61.6 Å². The maximum Gasteiger partial charge on any atom is 0.258 e. The monoisotopic (exact) mass is 411 g/mol. The van der Waals surface area contributed by atoms with Crippen molar-refractivity contribution < 1.29 is 9.21 Å². The summed E-state index contributed by atoms with van der Waals surface area (Å²) in [5.41, 5.74) is 1.65. The van der Waals surface area contributed by atoms with Crippen LogP contribution in [-0.4, -0.2) is 73.0 Å². The number of benzene rings is 1. The van der Waals surface area contributed by atoms with Crippen LogP contribution in [0.3, 0.4) is 0 Å². The highest BCUT2D eigenvalue weighted by Crippen LogP contribution is 2.30. The van der Waals surface area contributed by atoms with Gasteiger partial charge in [0.05, 0.1) is 5.56 Å². The standard InChI is InChI=1S/C25H37N3O2/c1-4-5-9-23-24(21-8-6-7-10-22(21)30-23)25(29)28-17-13-20(14-18-28)27-15-11-19(12-16-27)26(2)3/h6-8,10,19-20H,4-5,9,11-18H2,1-3H3. The molecule has 5 nitrogen and oxygen atoms in total. The van der Waals surface area contributed by atoms with Crippen molar-refractivity contribution in [1.29, 1.82) is 0 Å². The highest BCUT2D eigenvalue weighted by molar-refractivity contribution is 6.07. The second kappa shape index (κ2) is 9.52. The first kappa shape index (κ1) is 21.4. The van der Waals surface area contributed by atoms with Gasteiger partial charge < -0.3 is 19.1 Å². The van der Waals surface area contributed by atoms with Crippen molar-refractivity contribution in [3.05, 3.63) is 35.6 Å². The average molecular weight is 412 g/mol. The lowest BCUT2D eigenvalue weighted by molar-refractivity contribution is 0.0519. The lowest BCUT2D eigenvalue weighted by atomic mass is 9.96. The van der Waals surface area contributed by atoms with Gasteiger partial charge in [0.1, 0.15) is 11.3 Å². The molecule has 30 heavy (non-hydrogen) atoms. The van der Waals surface area contributed by atoms with Gasteiger partial charge in [-0.15, -0.1) is 0 Å². The Bertz CT molecular complexity index is 843. The molecule has 3 heterocycles. The van der Waals surface area contributed by atoms with Crippen molar-refractivity contribution in [2.24, 2.45) is 0 Å². The molecule has 0 saturated carbocycles. The summed E-state index contributed by atoms with van der Waals surface area (Å²) in [6.07, 6.45) is 7.66. The second-order valence-corrected chi connectivity index (χ2v) is 9.25. The zero-order valence-corrected chi connectivity index (χ0v) is 18.9. The summed E-state index contributed by atoms with van der Waals surface area (Å²) in [4.78, 5) is 20.6. The third kappa shape index (κ3) is 4.42. The number of unbranched alkanes of at least 4 members (excludes halogenated alkanes) is 1. The number of piperidine rings is 2. The molecule has 2 aliphatic rings. The maximum absolute atomic E-state index is 13.5. The zero-order chi connectivity index (χ0) is 21.1. The van der Waals surface area contributed by atoms with Crippen LogP contribution in [0.25, 0.3) is 11.0 Å². The number of hydrogen-bond donors (Lipinski definition) is 0. The van der Waals surface area contributed by atoms with Crippen LogP contribution in [0.15, 0.2) is 28.7 Å². The molecule has 1 amide bonds. The quantitative estimate of drug-likeness (QED) is 0.706. The minimum atomic E-state index is 0.163. The number of furan rings is 1. The lowest BCUT2D eigenvalue weighted by Crippen LogP contribution is -2.51. The Morgan fingerprint density at radius 3 is 2.43 bits per heavy atom. The summed E-state index contributed by atoms with van der Waals surface area (Å²) in [6, 6.07) is 9.33. The van der Waals surface area contributed by atoms with Crippen LogP contribution >= 0.6 is 0 Å². The molecule has 0 radical (unpaired) electrons. The molecular formula is C25H37N3O2. The molecule has 4 rings (SSSR count). The van der Waals surface area contributed by atoms with Crippen LogP contribution in [0.4, 0.5) is 0 Å². The van der Waals surface area contributed by atoms with Gasteiger partial charge in [0, 0.05) is 37.0 Å². The number of carbonyl (C=O) groups excluding carboxylic acids is 1. The van der Waals surface area contributed by atoms with E-state index in [1.54, 1.807) is 0 Å². The van der Waals surface area contributed by atoms with Crippen LogP contribution in [0, 0.1) is 0 Å². The summed E-state index contributed by atoms with van der Waals surface area (Å²) in [7, 11) is 4.39. The molecule has 1 aromatic heterocycles. The van der Waals surface area contributed by atoms with Gasteiger partial charge in [-0.25, -0.2) is 0 Å². The number of para-hydroxylation sites is 1. The number of fused-ring (bicyclic) bond motifs is 1. The minimum absolute atomic E-state index is 0.163. The molecular weight excluding hydrogens is 374 g/mol. The normalized spacial score (nSPS) is 19.8. The number of likely N-dealkylation sites (tertiary alicyclic amines) is 2. The van der Waals surface area contributed by atoms with Gasteiger partial charge in [-0.05, 0) is 65.4 Å². The fourth-order valence-electron chi connectivity index (χ4n) is 5.20. The Hall–Kier alpha value is -1.85. The Labute approximate surface area is 181 Å². The van der Waals surface area contributed by atoms with E-state index in [1.165, 1.54) is 25.9 Å². The van der Waals surface area contributed by atoms with E-state index in [0.29, 0.717) is 6.04 Å². The zero-order valence-electron chi connectivity index (χ0n) is 18.9. The fraction of sp³-hybridized carbons (Fsp3) is 0.640. The van der Waals surface area contributed by atoms with Gasteiger partial charge in [-0.2, -0.15) is 0 Å². The van der Waals surface area contributed by atoms with Crippen molar-refractivity contribution in [3.8, 4) is 0 Å². The molecule has 2 fully saturated rings. The van der Waals surface area contributed by atoms with Gasteiger partial charge in [-0.3, -0.25) is 4.79 Å². The van der Waals surface area contributed by atoms with E-state index in [1.807, 2.05) is 24.3 Å². The van der Waals surface area contributed by atoms with E-state index >= 15 is 0 Å². The van der Waals surface area contributed by atoms with Gasteiger partial charge in [-0.1, -0.05) is 31.5 Å². The van der Waals surface area contributed by atoms with E-state index in [9.17, 15) is 4.79 Å². The molecule has 0 spiro atoms. The molecule has 2 saturated heterocycles. The third-order valence-electron chi connectivity index (χ3n) is 7.14. The number of nitrogens with zero attached hydrogens (tertiary/aromatic N) is 3. The molecule has 0 atom stereocenters. The largest absolute Gasteiger partial charge is 0.460 e. The molecule has 2 aromatic rings. The lowest BCUT2D eigenvalue weighted by Gasteiger charge is -2.43. The topological polar surface area (TPSA) is 39.9 Å². The number of rotatable bonds is 6. The predicted octanol–water partition coefficient (Wildman–Crippen LogP) is 4.41. The van der Waals surface area contributed by atoms with E-state index in [2.05, 4.69) is 35.7 Å². The van der Waals surface area contributed by atoms with Crippen molar-refractivity contribution in [1.82, 2.24) is 14.7 Å². The van der Waals surface area contributed by atoms with Gasteiger partial charge in [0.2, 0.25) is 0 Å². The summed E-state index contributed by atoms with van der Waals surface area (Å²) >= 11 is 0. The van der Waals surface area contributed by atoms with Crippen molar-refractivity contribution >= 4 is 16.9 Å². The first-order valence-corrected chi connectivity index (χ1v) is 11.8. The smallest absolute Gasteiger partial charge is 0.258 e. The van der Waals surface area contributed by atoms with Crippen LogP contribution in [0.2, 0.25) is 0 Å². The highest BCUT2D eigenvalue weighted by atomic mass is 16.3. The SMILES string of the molecule is CCCCc1oc2ccccc2c1C(=O)N1CCC(N2CCC(N(C)C)CC2)CC1. The molecule has 0 N–H and O–H groups in total. The van der Waals surface area contributed by atoms with Gasteiger partial charge in [0.15, 0.2) is 0 Å². The van der Waals surface area contributed by atoms with E-state index in [4.69, 9.17) is 4.42 Å². The van der Waals surface area contributed by atoms with E-state index in [-0.39, 0.29) is 5.91 Å². The van der Waals surface area contributed by atoms with Crippen LogP contribution < -0.4 is 0 Å². The second-order valence-electron chi connectivity index (χ2n) is 9.25. The minimum Gasteiger partial charge on any atom is -0.460 e. The first-order valence-electron chi connectivity index (χ1n) is 11.8. The molecule has 164 valence electrons.